The second-order valence-electron chi connectivity index (χ2n) is 5.80. The second kappa shape index (κ2) is 7.87. The van der Waals surface area contributed by atoms with Crippen molar-refractivity contribution in [2.24, 2.45) is 5.92 Å². The van der Waals surface area contributed by atoms with E-state index in [0.29, 0.717) is 33.4 Å². The number of nitrogens with zero attached hydrogens (tertiary/aromatic N) is 1. The van der Waals surface area contributed by atoms with Crippen LogP contribution in [0.5, 0.6) is 0 Å². The van der Waals surface area contributed by atoms with Crippen molar-refractivity contribution in [1.29, 1.82) is 0 Å². The summed E-state index contributed by atoms with van der Waals surface area (Å²) >= 11 is 12.1. The molecule has 6 heteroatoms. The van der Waals surface area contributed by atoms with Crippen molar-refractivity contribution >= 4 is 40.5 Å². The molecule has 0 radical (unpaired) electrons. The first-order valence-electron chi connectivity index (χ1n) is 6.95. The maximum absolute atomic E-state index is 12.1. The summed E-state index contributed by atoms with van der Waals surface area (Å²) in [6.07, 6.45) is 1.03. The summed E-state index contributed by atoms with van der Waals surface area (Å²) in [5.41, 5.74) is 6.50. The Morgan fingerprint density at radius 3 is 2.29 bits per heavy atom. The molecule has 0 saturated heterocycles. The molecule has 1 unspecified atom stereocenters. The lowest BCUT2D eigenvalue weighted by molar-refractivity contribution is -0.117. The van der Waals surface area contributed by atoms with E-state index in [-0.39, 0.29) is 12.5 Å². The average Bonchev–Trinajstić information content (AvgIpc) is 2.32. The zero-order chi connectivity index (χ0) is 16.2. The van der Waals surface area contributed by atoms with Crippen LogP contribution in [0.1, 0.15) is 27.2 Å². The molecule has 0 aliphatic rings. The van der Waals surface area contributed by atoms with Gasteiger partial charge in [-0.15, -0.1) is 0 Å². The van der Waals surface area contributed by atoms with Gasteiger partial charge in [-0.05, 0) is 38.4 Å². The zero-order valence-corrected chi connectivity index (χ0v) is 14.4. The molecule has 0 aliphatic heterocycles. The second-order valence-corrected chi connectivity index (χ2v) is 6.62. The van der Waals surface area contributed by atoms with Gasteiger partial charge in [-0.25, -0.2) is 0 Å². The average molecular weight is 332 g/mol. The number of benzene rings is 1. The number of likely N-dealkylation sites (N-methyl/N-ethyl adjacent to an activating group) is 1. The minimum atomic E-state index is -0.151. The lowest BCUT2D eigenvalue weighted by atomic mass is 10.0. The summed E-state index contributed by atoms with van der Waals surface area (Å²) in [4.78, 5) is 14.1. The highest BCUT2D eigenvalue weighted by Gasteiger charge is 2.16. The summed E-state index contributed by atoms with van der Waals surface area (Å²) < 4.78 is 0. The van der Waals surface area contributed by atoms with E-state index < -0.39 is 0 Å². The summed E-state index contributed by atoms with van der Waals surface area (Å²) in [6.45, 7) is 6.72. The van der Waals surface area contributed by atoms with Crippen molar-refractivity contribution in [1.82, 2.24) is 4.90 Å². The SMILES string of the molecule is CC(C)CC(C)N(C)CC(=O)Nc1c(Cl)cc(N)cc1Cl. The Bertz CT molecular complexity index is 483. The van der Waals surface area contributed by atoms with Gasteiger partial charge in [0.15, 0.2) is 0 Å². The molecule has 0 aliphatic carbocycles. The number of carbonyl (C=O) groups is 1. The third-order valence-electron chi connectivity index (χ3n) is 3.29. The Labute approximate surface area is 136 Å². The maximum atomic E-state index is 12.1. The van der Waals surface area contributed by atoms with E-state index in [1.807, 2.05) is 11.9 Å². The summed E-state index contributed by atoms with van der Waals surface area (Å²) in [6, 6.07) is 3.45. The smallest absolute Gasteiger partial charge is 0.238 e. The highest BCUT2D eigenvalue weighted by molar-refractivity contribution is 6.40. The van der Waals surface area contributed by atoms with E-state index in [0.717, 1.165) is 6.42 Å². The van der Waals surface area contributed by atoms with Crippen LogP contribution in [0.25, 0.3) is 0 Å². The largest absolute Gasteiger partial charge is 0.399 e. The van der Waals surface area contributed by atoms with Crippen molar-refractivity contribution in [2.45, 2.75) is 33.2 Å². The lowest BCUT2D eigenvalue weighted by Crippen LogP contribution is -2.37. The van der Waals surface area contributed by atoms with Gasteiger partial charge in [0, 0.05) is 11.7 Å². The van der Waals surface area contributed by atoms with E-state index in [4.69, 9.17) is 28.9 Å². The molecule has 1 amide bonds. The molecule has 4 nitrogen and oxygen atoms in total. The predicted octanol–water partition coefficient (Wildman–Crippen LogP) is 3.88. The fourth-order valence-corrected chi connectivity index (χ4v) is 2.73. The van der Waals surface area contributed by atoms with Crippen LogP contribution in [0.2, 0.25) is 10.0 Å². The van der Waals surface area contributed by atoms with Gasteiger partial charge in [-0.3, -0.25) is 9.69 Å². The number of hydrogen-bond acceptors (Lipinski definition) is 3. The van der Waals surface area contributed by atoms with Gasteiger partial charge in [-0.1, -0.05) is 37.0 Å². The zero-order valence-electron chi connectivity index (χ0n) is 12.9. The third-order valence-corrected chi connectivity index (χ3v) is 3.88. The van der Waals surface area contributed by atoms with Crippen molar-refractivity contribution < 1.29 is 4.79 Å². The number of hydrogen-bond donors (Lipinski definition) is 2. The fourth-order valence-electron chi connectivity index (χ4n) is 2.14. The minimum Gasteiger partial charge on any atom is -0.399 e. The van der Waals surface area contributed by atoms with E-state index in [1.165, 1.54) is 0 Å². The van der Waals surface area contributed by atoms with Crippen LogP contribution in [0.3, 0.4) is 0 Å². The first-order valence-corrected chi connectivity index (χ1v) is 7.71. The van der Waals surface area contributed by atoms with Crippen LogP contribution in [0.15, 0.2) is 12.1 Å². The Balaban J connectivity index is 2.66. The summed E-state index contributed by atoms with van der Waals surface area (Å²) in [7, 11) is 1.93. The molecule has 3 N–H and O–H groups in total. The monoisotopic (exact) mass is 331 g/mol. The number of anilines is 2. The van der Waals surface area contributed by atoms with Crippen molar-refractivity contribution in [3.05, 3.63) is 22.2 Å². The van der Waals surface area contributed by atoms with Gasteiger partial charge in [0.1, 0.15) is 0 Å². The topological polar surface area (TPSA) is 58.4 Å². The third kappa shape index (κ3) is 5.73. The number of nitrogens with two attached hydrogens (primary N) is 1. The molecule has 1 aromatic carbocycles. The molecule has 0 aromatic heterocycles. The number of amides is 1. The molecule has 0 heterocycles. The molecule has 1 rings (SSSR count). The molecule has 0 bridgehead atoms. The molecule has 0 spiro atoms. The molecule has 0 saturated carbocycles. The van der Waals surface area contributed by atoms with Gasteiger partial charge in [0.25, 0.3) is 0 Å². The van der Waals surface area contributed by atoms with Crippen LogP contribution in [-0.2, 0) is 4.79 Å². The van der Waals surface area contributed by atoms with Crippen LogP contribution in [0, 0.1) is 5.92 Å². The molecule has 118 valence electrons. The standard InChI is InChI=1S/C15H23Cl2N3O/c1-9(2)5-10(3)20(4)8-14(21)19-15-12(16)6-11(18)7-13(15)17/h6-7,9-10H,5,8,18H2,1-4H3,(H,19,21). The van der Waals surface area contributed by atoms with E-state index in [2.05, 4.69) is 26.1 Å². The molecule has 0 fully saturated rings. The lowest BCUT2D eigenvalue weighted by Gasteiger charge is -2.25. The molecular formula is C15H23Cl2N3O. The van der Waals surface area contributed by atoms with Gasteiger partial charge in [0.05, 0.1) is 22.3 Å². The summed E-state index contributed by atoms with van der Waals surface area (Å²) in [5, 5.41) is 3.42. The van der Waals surface area contributed by atoms with Gasteiger partial charge in [-0.2, -0.15) is 0 Å². The minimum absolute atomic E-state index is 0.151. The number of carbonyl (C=O) groups excluding carboxylic acids is 1. The van der Waals surface area contributed by atoms with Crippen LogP contribution in [-0.4, -0.2) is 30.4 Å². The molecule has 1 aromatic rings. The van der Waals surface area contributed by atoms with E-state index in [1.54, 1.807) is 12.1 Å². The number of nitrogen functional groups attached to an aromatic ring is 1. The van der Waals surface area contributed by atoms with E-state index >= 15 is 0 Å². The predicted molar refractivity (Wildman–Crippen MR) is 91.1 cm³/mol. The molecule has 21 heavy (non-hydrogen) atoms. The Morgan fingerprint density at radius 1 is 1.29 bits per heavy atom. The Kier molecular flexibility index (Phi) is 6.78. The van der Waals surface area contributed by atoms with Gasteiger partial charge < -0.3 is 11.1 Å². The first-order chi connectivity index (χ1) is 9.70. The van der Waals surface area contributed by atoms with E-state index in [9.17, 15) is 4.79 Å². The highest BCUT2D eigenvalue weighted by Crippen LogP contribution is 2.32. The van der Waals surface area contributed by atoms with Gasteiger partial charge >= 0.3 is 0 Å². The van der Waals surface area contributed by atoms with Crippen LogP contribution in [0.4, 0.5) is 11.4 Å². The maximum Gasteiger partial charge on any atom is 0.238 e. The van der Waals surface area contributed by atoms with Crippen LogP contribution >= 0.6 is 23.2 Å². The Hall–Kier alpha value is -0.970. The van der Waals surface area contributed by atoms with Crippen molar-refractivity contribution in [2.75, 3.05) is 24.6 Å². The highest BCUT2D eigenvalue weighted by atomic mass is 35.5. The Morgan fingerprint density at radius 2 is 1.81 bits per heavy atom. The van der Waals surface area contributed by atoms with Gasteiger partial charge in [0.2, 0.25) is 5.91 Å². The molecular weight excluding hydrogens is 309 g/mol. The van der Waals surface area contributed by atoms with Crippen LogP contribution < -0.4 is 11.1 Å². The summed E-state index contributed by atoms with van der Waals surface area (Å²) in [5.74, 6) is 0.438. The number of nitrogens with one attached hydrogen (secondary N) is 1. The number of halogens is 2. The normalized spacial score (nSPS) is 12.8. The van der Waals surface area contributed by atoms with Crippen molar-refractivity contribution in [3.63, 3.8) is 0 Å². The quantitative estimate of drug-likeness (QED) is 0.777. The first kappa shape index (κ1) is 18.1. The fraction of sp³-hybridized carbons (Fsp3) is 0.533. The number of rotatable bonds is 6. The van der Waals surface area contributed by atoms with Crippen molar-refractivity contribution in [3.8, 4) is 0 Å². The molecule has 1 atom stereocenters.